The lowest BCUT2D eigenvalue weighted by atomic mass is 10.1. The topological polar surface area (TPSA) is 52.7 Å². The lowest BCUT2D eigenvalue weighted by Crippen LogP contribution is -2.49. The molecule has 5 nitrogen and oxygen atoms in total. The van der Waals surface area contributed by atoms with E-state index in [2.05, 4.69) is 10.2 Å². The zero-order valence-electron chi connectivity index (χ0n) is 16.7. The van der Waals surface area contributed by atoms with Crippen LogP contribution in [0.4, 0.5) is 11.4 Å². The third-order valence-corrected chi connectivity index (χ3v) is 5.76. The van der Waals surface area contributed by atoms with Crippen LogP contribution in [0.5, 0.6) is 0 Å². The molecule has 1 saturated heterocycles. The standard InChI is InChI=1S/C24H21Cl2N3O2/c25-19-9-5-17(6-10-19)23(30)27-21-3-1-2-4-22(21)28-13-15-29(16-14-28)24(31)18-7-11-20(26)12-8-18/h1-12H,13-16H2,(H,27,30). The molecular formula is C24H21Cl2N3O2. The first kappa shape index (κ1) is 21.2. The number of piperazine rings is 1. The number of amides is 2. The second-order valence-electron chi connectivity index (χ2n) is 7.26. The van der Waals surface area contributed by atoms with Gasteiger partial charge in [0, 0.05) is 47.4 Å². The van der Waals surface area contributed by atoms with Gasteiger partial charge in [-0.1, -0.05) is 35.3 Å². The summed E-state index contributed by atoms with van der Waals surface area (Å²) in [5.74, 6) is -0.193. The largest absolute Gasteiger partial charge is 0.366 e. The van der Waals surface area contributed by atoms with Crippen molar-refractivity contribution in [3.63, 3.8) is 0 Å². The monoisotopic (exact) mass is 453 g/mol. The molecule has 158 valence electrons. The molecule has 1 N–H and O–H groups in total. The van der Waals surface area contributed by atoms with Crippen LogP contribution >= 0.6 is 23.2 Å². The second kappa shape index (κ2) is 9.41. The van der Waals surface area contributed by atoms with E-state index in [1.165, 1.54) is 0 Å². The number of carbonyl (C=O) groups excluding carboxylic acids is 2. The van der Waals surface area contributed by atoms with E-state index in [1.54, 1.807) is 48.5 Å². The fourth-order valence-electron chi connectivity index (χ4n) is 3.58. The predicted molar refractivity (Wildman–Crippen MR) is 125 cm³/mol. The van der Waals surface area contributed by atoms with E-state index in [0.717, 1.165) is 11.4 Å². The number of nitrogens with zero attached hydrogens (tertiary/aromatic N) is 2. The van der Waals surface area contributed by atoms with Crippen molar-refractivity contribution >= 4 is 46.4 Å². The summed E-state index contributed by atoms with van der Waals surface area (Å²) < 4.78 is 0. The van der Waals surface area contributed by atoms with Crippen LogP contribution in [0.2, 0.25) is 10.0 Å². The van der Waals surface area contributed by atoms with E-state index >= 15 is 0 Å². The average Bonchev–Trinajstić information content (AvgIpc) is 2.80. The number of halogens is 2. The maximum atomic E-state index is 12.7. The van der Waals surface area contributed by atoms with Gasteiger partial charge in [0.05, 0.1) is 11.4 Å². The van der Waals surface area contributed by atoms with Crippen LogP contribution in [0, 0.1) is 0 Å². The summed E-state index contributed by atoms with van der Waals surface area (Å²) in [4.78, 5) is 29.4. The molecule has 1 heterocycles. The smallest absolute Gasteiger partial charge is 0.255 e. The van der Waals surface area contributed by atoms with Gasteiger partial charge in [-0.2, -0.15) is 0 Å². The lowest BCUT2D eigenvalue weighted by Gasteiger charge is -2.37. The number of anilines is 2. The summed E-state index contributed by atoms with van der Waals surface area (Å²) in [5, 5.41) is 4.19. The fourth-order valence-corrected chi connectivity index (χ4v) is 3.83. The Kier molecular flexibility index (Phi) is 6.44. The van der Waals surface area contributed by atoms with Gasteiger partial charge in [-0.05, 0) is 60.7 Å². The molecule has 3 aromatic carbocycles. The second-order valence-corrected chi connectivity index (χ2v) is 8.14. The van der Waals surface area contributed by atoms with Gasteiger partial charge in [0.1, 0.15) is 0 Å². The molecule has 0 atom stereocenters. The zero-order valence-corrected chi connectivity index (χ0v) is 18.2. The van der Waals surface area contributed by atoms with Gasteiger partial charge in [-0.3, -0.25) is 9.59 Å². The molecule has 1 fully saturated rings. The Morgan fingerprint density at radius 3 is 1.87 bits per heavy atom. The van der Waals surface area contributed by atoms with Crippen molar-refractivity contribution in [1.82, 2.24) is 4.90 Å². The number of hydrogen-bond donors (Lipinski definition) is 1. The van der Waals surface area contributed by atoms with Crippen molar-refractivity contribution in [2.24, 2.45) is 0 Å². The van der Waals surface area contributed by atoms with Crippen molar-refractivity contribution < 1.29 is 9.59 Å². The quantitative estimate of drug-likeness (QED) is 0.589. The van der Waals surface area contributed by atoms with Crippen molar-refractivity contribution in [2.75, 3.05) is 36.4 Å². The number of para-hydroxylation sites is 2. The minimum Gasteiger partial charge on any atom is -0.366 e. The van der Waals surface area contributed by atoms with Crippen LogP contribution in [0.3, 0.4) is 0 Å². The highest BCUT2D eigenvalue weighted by molar-refractivity contribution is 6.31. The molecule has 0 unspecified atom stereocenters. The molecule has 31 heavy (non-hydrogen) atoms. The summed E-state index contributed by atoms with van der Waals surface area (Å²) in [6, 6.07) is 21.4. The van der Waals surface area contributed by atoms with Crippen molar-refractivity contribution in [3.8, 4) is 0 Å². The Labute approximate surface area is 191 Å². The van der Waals surface area contributed by atoms with E-state index in [-0.39, 0.29) is 11.8 Å². The molecular weight excluding hydrogens is 433 g/mol. The Hall–Kier alpha value is -3.02. The molecule has 0 bridgehead atoms. The molecule has 0 saturated carbocycles. The Morgan fingerprint density at radius 2 is 1.26 bits per heavy atom. The Morgan fingerprint density at radius 1 is 0.710 bits per heavy atom. The van der Waals surface area contributed by atoms with Crippen molar-refractivity contribution in [2.45, 2.75) is 0 Å². The molecule has 4 rings (SSSR count). The van der Waals surface area contributed by atoms with E-state index < -0.39 is 0 Å². The number of benzene rings is 3. The highest BCUT2D eigenvalue weighted by Crippen LogP contribution is 2.27. The van der Waals surface area contributed by atoms with Gasteiger partial charge in [0.25, 0.3) is 11.8 Å². The van der Waals surface area contributed by atoms with Crippen LogP contribution < -0.4 is 10.2 Å². The molecule has 0 aliphatic carbocycles. The van der Waals surface area contributed by atoms with Gasteiger partial charge in [-0.25, -0.2) is 0 Å². The molecule has 0 aromatic heterocycles. The maximum absolute atomic E-state index is 12.7. The molecule has 1 aliphatic heterocycles. The minimum atomic E-state index is -0.194. The molecule has 7 heteroatoms. The summed E-state index contributed by atoms with van der Waals surface area (Å²) in [6.07, 6.45) is 0. The minimum absolute atomic E-state index is 0.000595. The Bertz CT molecular complexity index is 1080. The van der Waals surface area contributed by atoms with E-state index in [0.29, 0.717) is 47.4 Å². The first-order valence-corrected chi connectivity index (χ1v) is 10.7. The van der Waals surface area contributed by atoms with Crippen LogP contribution in [0.25, 0.3) is 0 Å². The predicted octanol–water partition coefficient (Wildman–Crippen LogP) is 5.21. The van der Waals surface area contributed by atoms with Crippen LogP contribution in [0.15, 0.2) is 72.8 Å². The van der Waals surface area contributed by atoms with Crippen LogP contribution in [-0.4, -0.2) is 42.9 Å². The number of rotatable bonds is 4. The van der Waals surface area contributed by atoms with E-state index in [9.17, 15) is 9.59 Å². The molecule has 3 aromatic rings. The number of hydrogen-bond acceptors (Lipinski definition) is 3. The highest BCUT2D eigenvalue weighted by Gasteiger charge is 2.24. The van der Waals surface area contributed by atoms with Gasteiger partial charge in [0.2, 0.25) is 0 Å². The van der Waals surface area contributed by atoms with E-state index in [4.69, 9.17) is 23.2 Å². The summed E-state index contributed by atoms with van der Waals surface area (Å²) in [6.45, 7) is 2.54. The average molecular weight is 454 g/mol. The van der Waals surface area contributed by atoms with Crippen molar-refractivity contribution in [3.05, 3.63) is 94.0 Å². The van der Waals surface area contributed by atoms with Gasteiger partial charge < -0.3 is 15.1 Å². The summed E-state index contributed by atoms with van der Waals surface area (Å²) >= 11 is 11.8. The fraction of sp³-hybridized carbons (Fsp3) is 0.167. The SMILES string of the molecule is O=C(Nc1ccccc1N1CCN(C(=O)c2ccc(Cl)cc2)CC1)c1ccc(Cl)cc1. The molecule has 1 aliphatic rings. The summed E-state index contributed by atoms with van der Waals surface area (Å²) in [7, 11) is 0. The van der Waals surface area contributed by atoms with Crippen LogP contribution in [0.1, 0.15) is 20.7 Å². The maximum Gasteiger partial charge on any atom is 0.255 e. The summed E-state index contributed by atoms with van der Waals surface area (Å²) in [5.41, 5.74) is 2.84. The first-order valence-electron chi connectivity index (χ1n) is 9.97. The first-order chi connectivity index (χ1) is 15.0. The van der Waals surface area contributed by atoms with Gasteiger partial charge in [-0.15, -0.1) is 0 Å². The third kappa shape index (κ3) is 5.01. The molecule has 2 amide bonds. The molecule has 0 radical (unpaired) electrons. The number of nitrogens with one attached hydrogen (secondary N) is 1. The third-order valence-electron chi connectivity index (χ3n) is 5.26. The normalized spacial score (nSPS) is 13.7. The van der Waals surface area contributed by atoms with E-state index in [1.807, 2.05) is 29.2 Å². The zero-order chi connectivity index (χ0) is 21.8. The highest BCUT2D eigenvalue weighted by atomic mass is 35.5. The van der Waals surface area contributed by atoms with Gasteiger partial charge >= 0.3 is 0 Å². The molecule has 0 spiro atoms. The Balaban J connectivity index is 1.43. The van der Waals surface area contributed by atoms with Crippen molar-refractivity contribution in [1.29, 1.82) is 0 Å². The number of carbonyl (C=O) groups is 2. The van der Waals surface area contributed by atoms with Crippen LogP contribution in [-0.2, 0) is 0 Å². The lowest BCUT2D eigenvalue weighted by molar-refractivity contribution is 0.0746. The van der Waals surface area contributed by atoms with Gasteiger partial charge in [0.15, 0.2) is 0 Å².